The number of benzene rings is 1. The molecule has 0 saturated heterocycles. The summed E-state index contributed by atoms with van der Waals surface area (Å²) in [6.07, 6.45) is 0. The smallest absolute Gasteiger partial charge is 0.273 e. The molecule has 0 heterocycles. The molecule has 1 unspecified atom stereocenters. The predicted molar refractivity (Wildman–Crippen MR) is 63.9 cm³/mol. The molecule has 0 amide bonds. The van der Waals surface area contributed by atoms with Crippen molar-refractivity contribution >= 4 is 28.1 Å². The highest BCUT2D eigenvalue weighted by molar-refractivity contribution is 7.84. The van der Waals surface area contributed by atoms with Crippen LogP contribution in [0.4, 0.5) is 5.69 Å². The third-order valence-electron chi connectivity index (χ3n) is 1.90. The Morgan fingerprint density at radius 3 is 2.75 bits per heavy atom. The number of nitro groups is 1. The first-order chi connectivity index (χ1) is 7.54. The van der Waals surface area contributed by atoms with Gasteiger partial charge in [-0.15, -0.1) is 0 Å². The zero-order chi connectivity index (χ0) is 12.1. The monoisotopic (exact) mass is 262 g/mol. The summed E-state index contributed by atoms with van der Waals surface area (Å²) < 4.78 is 11.5. The van der Waals surface area contributed by atoms with Crippen molar-refractivity contribution < 1.29 is 9.13 Å². The fourth-order valence-electron chi connectivity index (χ4n) is 1.22. The van der Waals surface area contributed by atoms with Crippen LogP contribution < -0.4 is 5.73 Å². The van der Waals surface area contributed by atoms with Crippen molar-refractivity contribution in [2.24, 2.45) is 5.73 Å². The molecule has 0 fully saturated rings. The maximum Gasteiger partial charge on any atom is 0.273 e. The van der Waals surface area contributed by atoms with Gasteiger partial charge in [0, 0.05) is 39.7 Å². The second kappa shape index (κ2) is 5.93. The lowest BCUT2D eigenvalue weighted by Gasteiger charge is -2.03. The van der Waals surface area contributed by atoms with E-state index >= 15 is 0 Å². The van der Waals surface area contributed by atoms with Crippen LogP contribution >= 0.6 is 11.6 Å². The van der Waals surface area contributed by atoms with Crippen LogP contribution in [-0.4, -0.2) is 21.4 Å². The largest absolute Gasteiger partial charge is 0.330 e. The third-order valence-corrected chi connectivity index (χ3v) is 3.46. The molecule has 2 N–H and O–H groups in total. The lowest BCUT2D eigenvalue weighted by atomic mass is 10.2. The van der Waals surface area contributed by atoms with Crippen LogP contribution in [0.2, 0.25) is 5.02 Å². The summed E-state index contributed by atoms with van der Waals surface area (Å²) in [6.45, 7) is 0.293. The molecule has 0 aromatic heterocycles. The molecule has 0 radical (unpaired) electrons. The van der Waals surface area contributed by atoms with E-state index in [-0.39, 0.29) is 11.4 Å². The molecule has 1 aromatic carbocycles. The molecule has 1 rings (SSSR count). The standard InChI is InChI=1S/C9H11ClN2O3S/c10-8-1-2-9(12(13)14)7(5-8)6-16(15)4-3-11/h1-2,5H,3-4,6,11H2. The topological polar surface area (TPSA) is 86.2 Å². The quantitative estimate of drug-likeness (QED) is 0.643. The van der Waals surface area contributed by atoms with Gasteiger partial charge in [-0.05, 0) is 12.1 Å². The normalized spacial score (nSPS) is 12.4. The van der Waals surface area contributed by atoms with Gasteiger partial charge < -0.3 is 5.73 Å². The Bertz CT molecular complexity index is 425. The fourth-order valence-corrected chi connectivity index (χ4v) is 2.40. The summed E-state index contributed by atoms with van der Waals surface area (Å²) >= 11 is 5.74. The van der Waals surface area contributed by atoms with Crippen molar-refractivity contribution in [1.82, 2.24) is 0 Å². The van der Waals surface area contributed by atoms with Crippen molar-refractivity contribution in [3.8, 4) is 0 Å². The Morgan fingerprint density at radius 2 is 2.19 bits per heavy atom. The van der Waals surface area contributed by atoms with Gasteiger partial charge in [0.15, 0.2) is 0 Å². The molecule has 0 spiro atoms. The number of nitro benzene ring substituents is 1. The molecule has 0 saturated carbocycles. The third kappa shape index (κ3) is 3.55. The summed E-state index contributed by atoms with van der Waals surface area (Å²) in [6, 6.07) is 4.22. The molecular weight excluding hydrogens is 252 g/mol. The maximum atomic E-state index is 11.5. The molecule has 1 atom stereocenters. The number of halogens is 1. The molecule has 88 valence electrons. The second-order valence-corrected chi connectivity index (χ2v) is 5.12. The molecule has 0 aliphatic rings. The van der Waals surface area contributed by atoms with E-state index in [0.29, 0.717) is 22.9 Å². The van der Waals surface area contributed by atoms with E-state index in [1.165, 1.54) is 18.2 Å². The first-order valence-corrected chi connectivity index (χ1v) is 6.39. The minimum atomic E-state index is -1.19. The Morgan fingerprint density at radius 1 is 1.50 bits per heavy atom. The number of hydrogen-bond acceptors (Lipinski definition) is 4. The summed E-state index contributed by atoms with van der Waals surface area (Å²) in [5.74, 6) is 0.428. The van der Waals surface area contributed by atoms with Crippen LogP contribution in [0.25, 0.3) is 0 Å². The lowest BCUT2D eigenvalue weighted by Crippen LogP contribution is -2.12. The van der Waals surface area contributed by atoms with Crippen molar-refractivity contribution in [3.63, 3.8) is 0 Å². The van der Waals surface area contributed by atoms with E-state index in [9.17, 15) is 14.3 Å². The number of rotatable bonds is 5. The van der Waals surface area contributed by atoms with Crippen molar-refractivity contribution in [3.05, 3.63) is 38.9 Å². The Kier molecular flexibility index (Phi) is 4.85. The zero-order valence-corrected chi connectivity index (χ0v) is 9.96. The van der Waals surface area contributed by atoms with Gasteiger partial charge in [-0.3, -0.25) is 14.3 Å². The average molecular weight is 263 g/mol. The van der Waals surface area contributed by atoms with E-state index in [1.807, 2.05) is 0 Å². The lowest BCUT2D eigenvalue weighted by molar-refractivity contribution is -0.385. The highest BCUT2D eigenvalue weighted by Gasteiger charge is 2.15. The van der Waals surface area contributed by atoms with E-state index < -0.39 is 15.7 Å². The fraction of sp³-hybridized carbons (Fsp3) is 0.333. The zero-order valence-electron chi connectivity index (χ0n) is 8.39. The summed E-state index contributed by atoms with van der Waals surface area (Å²) in [7, 11) is -1.19. The molecule has 5 nitrogen and oxygen atoms in total. The molecule has 0 bridgehead atoms. The highest BCUT2D eigenvalue weighted by Crippen LogP contribution is 2.23. The van der Waals surface area contributed by atoms with Gasteiger partial charge in [-0.1, -0.05) is 11.6 Å². The van der Waals surface area contributed by atoms with E-state index in [1.54, 1.807) is 0 Å². The summed E-state index contributed by atoms with van der Waals surface area (Å²) in [5.41, 5.74) is 5.58. The Hall–Kier alpha value is -0.980. The van der Waals surface area contributed by atoms with Crippen LogP contribution in [0, 0.1) is 10.1 Å². The molecule has 1 aromatic rings. The van der Waals surface area contributed by atoms with Crippen LogP contribution in [0.5, 0.6) is 0 Å². The number of nitrogens with two attached hydrogens (primary N) is 1. The van der Waals surface area contributed by atoms with Crippen LogP contribution in [0.15, 0.2) is 18.2 Å². The van der Waals surface area contributed by atoms with Crippen molar-refractivity contribution in [2.75, 3.05) is 12.3 Å². The molecule has 0 aliphatic heterocycles. The van der Waals surface area contributed by atoms with Gasteiger partial charge in [0.1, 0.15) is 0 Å². The molecular formula is C9H11ClN2O3S. The predicted octanol–water partition coefficient (Wildman–Crippen LogP) is 1.46. The van der Waals surface area contributed by atoms with E-state index in [4.69, 9.17) is 17.3 Å². The number of nitrogens with zero attached hydrogens (tertiary/aromatic N) is 1. The van der Waals surface area contributed by atoms with Gasteiger partial charge in [0.05, 0.1) is 10.7 Å². The average Bonchev–Trinajstić information content (AvgIpc) is 2.17. The van der Waals surface area contributed by atoms with Gasteiger partial charge in [0.2, 0.25) is 0 Å². The van der Waals surface area contributed by atoms with Gasteiger partial charge in [0.25, 0.3) is 5.69 Å². The molecule has 16 heavy (non-hydrogen) atoms. The van der Waals surface area contributed by atoms with Gasteiger partial charge in [-0.2, -0.15) is 0 Å². The number of hydrogen-bond donors (Lipinski definition) is 1. The Balaban J connectivity index is 2.96. The van der Waals surface area contributed by atoms with E-state index in [2.05, 4.69) is 0 Å². The van der Waals surface area contributed by atoms with Crippen molar-refractivity contribution in [1.29, 1.82) is 0 Å². The summed E-state index contributed by atoms with van der Waals surface area (Å²) in [5, 5.41) is 11.1. The highest BCUT2D eigenvalue weighted by atomic mass is 35.5. The first-order valence-electron chi connectivity index (χ1n) is 4.52. The molecule has 7 heteroatoms. The minimum absolute atomic E-state index is 0.0604. The van der Waals surface area contributed by atoms with Gasteiger partial charge in [-0.25, -0.2) is 0 Å². The molecule has 0 aliphatic carbocycles. The second-order valence-electron chi connectivity index (χ2n) is 3.11. The Labute approximate surface area is 100 Å². The first kappa shape index (κ1) is 13.1. The SMILES string of the molecule is NCCS(=O)Cc1cc(Cl)ccc1[N+](=O)[O-]. The van der Waals surface area contributed by atoms with E-state index in [0.717, 1.165) is 0 Å². The maximum absolute atomic E-state index is 11.5. The van der Waals surface area contributed by atoms with Crippen molar-refractivity contribution in [2.45, 2.75) is 5.75 Å². The van der Waals surface area contributed by atoms with Crippen LogP contribution in [0.1, 0.15) is 5.56 Å². The van der Waals surface area contributed by atoms with Gasteiger partial charge >= 0.3 is 0 Å². The summed E-state index contributed by atoms with van der Waals surface area (Å²) in [4.78, 5) is 10.2. The minimum Gasteiger partial charge on any atom is -0.330 e. The van der Waals surface area contributed by atoms with Crippen LogP contribution in [-0.2, 0) is 16.6 Å². The van der Waals surface area contributed by atoms with Crippen LogP contribution in [0.3, 0.4) is 0 Å².